The van der Waals surface area contributed by atoms with E-state index in [-0.39, 0.29) is 24.7 Å². The molecule has 0 radical (unpaired) electrons. The van der Waals surface area contributed by atoms with E-state index in [0.717, 1.165) is 25.8 Å². The number of carbonyl (C=O) groups is 1. The highest BCUT2D eigenvalue weighted by Gasteiger charge is 2.37. The number of hydrogen-bond donors (Lipinski definition) is 0. The number of nitrogens with zero attached hydrogens (tertiary/aromatic N) is 1. The van der Waals surface area contributed by atoms with Crippen molar-refractivity contribution in [1.29, 1.82) is 0 Å². The summed E-state index contributed by atoms with van der Waals surface area (Å²) in [7, 11) is 0. The van der Waals surface area contributed by atoms with Gasteiger partial charge in [0.25, 0.3) is 0 Å². The van der Waals surface area contributed by atoms with Crippen LogP contribution in [0.25, 0.3) is 0 Å². The van der Waals surface area contributed by atoms with Gasteiger partial charge in [0.1, 0.15) is 0 Å². The molecular formula is C14H23F2NO. The van der Waals surface area contributed by atoms with Gasteiger partial charge in [-0.2, -0.15) is 0 Å². The van der Waals surface area contributed by atoms with Crippen LogP contribution >= 0.6 is 0 Å². The summed E-state index contributed by atoms with van der Waals surface area (Å²) in [6.07, 6.45) is 4.62. The lowest BCUT2D eigenvalue weighted by Gasteiger charge is -2.30. The van der Waals surface area contributed by atoms with Gasteiger partial charge in [-0.1, -0.05) is 6.92 Å². The smallest absolute Gasteiger partial charge is 0.248 e. The molecule has 0 saturated heterocycles. The summed E-state index contributed by atoms with van der Waals surface area (Å²) in [5.74, 6) is -2.12. The molecule has 2 aliphatic carbocycles. The van der Waals surface area contributed by atoms with Crippen molar-refractivity contribution in [3.8, 4) is 0 Å². The second kappa shape index (κ2) is 5.54. The quantitative estimate of drug-likeness (QED) is 0.738. The van der Waals surface area contributed by atoms with Gasteiger partial charge in [-0.25, -0.2) is 8.78 Å². The molecule has 0 aliphatic heterocycles. The van der Waals surface area contributed by atoms with Crippen molar-refractivity contribution < 1.29 is 13.6 Å². The maximum absolute atomic E-state index is 13.0. The Balaban J connectivity index is 1.79. The first-order valence-corrected chi connectivity index (χ1v) is 7.19. The zero-order valence-corrected chi connectivity index (χ0v) is 11.1. The fraction of sp³-hybridized carbons (Fsp3) is 0.929. The third kappa shape index (κ3) is 3.66. The molecular weight excluding hydrogens is 236 g/mol. The van der Waals surface area contributed by atoms with Crippen LogP contribution in [0.15, 0.2) is 0 Å². The number of halogens is 2. The molecule has 0 spiro atoms. The molecule has 2 aliphatic rings. The predicted molar refractivity (Wildman–Crippen MR) is 66.5 cm³/mol. The van der Waals surface area contributed by atoms with Crippen LogP contribution < -0.4 is 0 Å². The van der Waals surface area contributed by atoms with E-state index in [2.05, 4.69) is 6.92 Å². The molecule has 2 saturated carbocycles. The molecule has 0 bridgehead atoms. The highest BCUT2D eigenvalue weighted by Crippen LogP contribution is 2.38. The number of alkyl halides is 2. The summed E-state index contributed by atoms with van der Waals surface area (Å²) >= 11 is 0. The van der Waals surface area contributed by atoms with Gasteiger partial charge in [0, 0.05) is 31.8 Å². The SMILES string of the molecule is CCCN(C(=O)CC1CCC(F)(F)CC1)C1CC1. The zero-order valence-electron chi connectivity index (χ0n) is 11.1. The van der Waals surface area contributed by atoms with Crippen molar-refractivity contribution in [3.05, 3.63) is 0 Å². The summed E-state index contributed by atoms with van der Waals surface area (Å²) < 4.78 is 26.1. The molecule has 0 aromatic heterocycles. The van der Waals surface area contributed by atoms with E-state index in [1.165, 1.54) is 0 Å². The third-order valence-electron chi connectivity index (χ3n) is 4.07. The first-order valence-electron chi connectivity index (χ1n) is 7.19. The molecule has 2 nitrogen and oxygen atoms in total. The van der Waals surface area contributed by atoms with Crippen LogP contribution in [-0.2, 0) is 4.79 Å². The van der Waals surface area contributed by atoms with Crippen LogP contribution in [0.1, 0.15) is 58.3 Å². The average molecular weight is 259 g/mol. The number of carbonyl (C=O) groups excluding carboxylic acids is 1. The van der Waals surface area contributed by atoms with Crippen LogP contribution in [0.2, 0.25) is 0 Å². The fourth-order valence-corrected chi connectivity index (χ4v) is 2.81. The van der Waals surface area contributed by atoms with Crippen LogP contribution in [0.5, 0.6) is 0 Å². The second-order valence-corrected chi connectivity index (χ2v) is 5.82. The summed E-state index contributed by atoms with van der Waals surface area (Å²) in [6.45, 7) is 2.90. The fourth-order valence-electron chi connectivity index (χ4n) is 2.81. The van der Waals surface area contributed by atoms with E-state index in [0.29, 0.717) is 25.3 Å². The van der Waals surface area contributed by atoms with Gasteiger partial charge in [-0.05, 0) is 38.0 Å². The van der Waals surface area contributed by atoms with Crippen molar-refractivity contribution in [3.63, 3.8) is 0 Å². The van der Waals surface area contributed by atoms with E-state index in [9.17, 15) is 13.6 Å². The zero-order chi connectivity index (χ0) is 13.2. The van der Waals surface area contributed by atoms with E-state index < -0.39 is 5.92 Å². The minimum absolute atomic E-state index is 0.0395. The monoisotopic (exact) mass is 259 g/mol. The Bertz CT molecular complexity index is 292. The number of hydrogen-bond acceptors (Lipinski definition) is 1. The highest BCUT2D eigenvalue weighted by molar-refractivity contribution is 5.77. The lowest BCUT2D eigenvalue weighted by Crippen LogP contribution is -2.36. The average Bonchev–Trinajstić information content (AvgIpc) is 3.13. The molecule has 2 fully saturated rings. The molecule has 4 heteroatoms. The lowest BCUT2D eigenvalue weighted by molar-refractivity contribution is -0.134. The van der Waals surface area contributed by atoms with Crippen molar-refractivity contribution >= 4 is 5.91 Å². The van der Waals surface area contributed by atoms with Gasteiger partial charge in [-0.15, -0.1) is 0 Å². The highest BCUT2D eigenvalue weighted by atomic mass is 19.3. The number of rotatable bonds is 5. The maximum atomic E-state index is 13.0. The molecule has 0 aromatic carbocycles. The van der Waals surface area contributed by atoms with Crippen molar-refractivity contribution in [1.82, 2.24) is 4.90 Å². The lowest BCUT2D eigenvalue weighted by atomic mass is 9.84. The van der Waals surface area contributed by atoms with Crippen LogP contribution in [0.3, 0.4) is 0 Å². The summed E-state index contributed by atoms with van der Waals surface area (Å²) in [4.78, 5) is 14.2. The molecule has 0 atom stereocenters. The van der Waals surface area contributed by atoms with Crippen LogP contribution in [0, 0.1) is 5.92 Å². The van der Waals surface area contributed by atoms with E-state index in [1.807, 2.05) is 4.90 Å². The van der Waals surface area contributed by atoms with Crippen molar-refractivity contribution in [2.24, 2.45) is 5.92 Å². The molecule has 0 unspecified atom stereocenters. The Morgan fingerprint density at radius 2 is 1.83 bits per heavy atom. The van der Waals surface area contributed by atoms with Gasteiger partial charge < -0.3 is 4.90 Å². The van der Waals surface area contributed by atoms with E-state index in [4.69, 9.17) is 0 Å². The normalized spacial score (nSPS) is 23.9. The van der Waals surface area contributed by atoms with E-state index >= 15 is 0 Å². The Kier molecular flexibility index (Phi) is 4.23. The van der Waals surface area contributed by atoms with Gasteiger partial charge in [0.2, 0.25) is 11.8 Å². The summed E-state index contributed by atoms with van der Waals surface area (Å²) in [5.41, 5.74) is 0. The Hall–Kier alpha value is -0.670. The second-order valence-electron chi connectivity index (χ2n) is 5.82. The Morgan fingerprint density at radius 3 is 2.33 bits per heavy atom. The minimum atomic E-state index is -2.49. The third-order valence-corrected chi connectivity index (χ3v) is 4.07. The van der Waals surface area contributed by atoms with Crippen LogP contribution in [0.4, 0.5) is 8.78 Å². The molecule has 0 N–H and O–H groups in total. The maximum Gasteiger partial charge on any atom is 0.248 e. The topological polar surface area (TPSA) is 20.3 Å². The molecule has 0 heterocycles. The molecule has 18 heavy (non-hydrogen) atoms. The Labute approximate surface area is 108 Å². The first-order chi connectivity index (χ1) is 8.52. The molecule has 0 aromatic rings. The van der Waals surface area contributed by atoms with E-state index in [1.54, 1.807) is 0 Å². The summed E-state index contributed by atoms with van der Waals surface area (Å²) in [6, 6.07) is 0.447. The van der Waals surface area contributed by atoms with Gasteiger partial charge in [0.05, 0.1) is 0 Å². The van der Waals surface area contributed by atoms with Crippen molar-refractivity contribution in [2.45, 2.75) is 70.3 Å². The minimum Gasteiger partial charge on any atom is -0.340 e. The Morgan fingerprint density at radius 1 is 1.22 bits per heavy atom. The van der Waals surface area contributed by atoms with Gasteiger partial charge in [-0.3, -0.25) is 4.79 Å². The van der Waals surface area contributed by atoms with Gasteiger partial charge in [0.15, 0.2) is 0 Å². The summed E-state index contributed by atoms with van der Waals surface area (Å²) in [5, 5.41) is 0. The first kappa shape index (κ1) is 13.8. The predicted octanol–water partition coefficient (Wildman–Crippen LogP) is 3.60. The molecule has 1 amide bonds. The van der Waals surface area contributed by atoms with Crippen molar-refractivity contribution in [2.75, 3.05) is 6.54 Å². The largest absolute Gasteiger partial charge is 0.340 e. The molecule has 2 rings (SSSR count). The van der Waals surface area contributed by atoms with Crippen LogP contribution in [-0.4, -0.2) is 29.3 Å². The number of amides is 1. The standard InChI is InChI=1S/C14H23F2NO/c1-2-9-17(12-3-4-12)13(18)10-11-5-7-14(15,16)8-6-11/h11-12H,2-10H2,1H3. The molecule has 104 valence electrons. The van der Waals surface area contributed by atoms with Gasteiger partial charge >= 0.3 is 0 Å².